The van der Waals surface area contributed by atoms with Crippen molar-refractivity contribution in [3.63, 3.8) is 0 Å². The van der Waals surface area contributed by atoms with Gasteiger partial charge >= 0.3 is 0 Å². The molecule has 0 radical (unpaired) electrons. The summed E-state index contributed by atoms with van der Waals surface area (Å²) in [5, 5.41) is 5.84. The quantitative estimate of drug-likeness (QED) is 0.898. The maximum atomic E-state index is 12.0. The van der Waals surface area contributed by atoms with Gasteiger partial charge in [-0.15, -0.1) is 11.3 Å². The third-order valence-electron chi connectivity index (χ3n) is 3.83. The highest BCUT2D eigenvalue weighted by atomic mass is 32.1. The predicted octanol–water partition coefficient (Wildman–Crippen LogP) is 1.34. The van der Waals surface area contributed by atoms with Crippen LogP contribution in [0.15, 0.2) is 29.8 Å². The summed E-state index contributed by atoms with van der Waals surface area (Å²) in [4.78, 5) is 33.9. The van der Waals surface area contributed by atoms with E-state index in [1.807, 2.05) is 23.6 Å². The van der Waals surface area contributed by atoms with Gasteiger partial charge < -0.3 is 10.2 Å². The molecule has 0 aromatic carbocycles. The Morgan fingerprint density at radius 2 is 2.30 bits per heavy atom. The van der Waals surface area contributed by atoms with Crippen molar-refractivity contribution in [2.24, 2.45) is 5.92 Å². The third-order valence-corrected chi connectivity index (χ3v) is 4.74. The van der Waals surface area contributed by atoms with Crippen molar-refractivity contribution < 1.29 is 9.59 Å². The maximum absolute atomic E-state index is 12.0. The smallest absolute Gasteiger partial charge is 0.225 e. The van der Waals surface area contributed by atoms with Crippen LogP contribution in [-0.2, 0) is 16.0 Å². The Hall–Kier alpha value is -2.28. The van der Waals surface area contributed by atoms with Crippen LogP contribution >= 0.6 is 11.3 Å². The van der Waals surface area contributed by atoms with Crippen LogP contribution in [0.25, 0.3) is 11.4 Å². The van der Waals surface area contributed by atoms with E-state index >= 15 is 0 Å². The molecule has 0 spiro atoms. The molecular weight excluding hydrogens is 312 g/mol. The van der Waals surface area contributed by atoms with E-state index in [2.05, 4.69) is 15.3 Å². The van der Waals surface area contributed by atoms with Crippen LogP contribution in [0.5, 0.6) is 0 Å². The fourth-order valence-corrected chi connectivity index (χ4v) is 3.33. The number of amides is 2. The molecule has 0 aliphatic carbocycles. The topological polar surface area (TPSA) is 75.2 Å². The van der Waals surface area contributed by atoms with Crippen LogP contribution in [-0.4, -0.2) is 46.8 Å². The van der Waals surface area contributed by atoms with Crippen LogP contribution < -0.4 is 5.32 Å². The summed E-state index contributed by atoms with van der Waals surface area (Å²) in [6.45, 7) is 1.04. The molecule has 3 heterocycles. The van der Waals surface area contributed by atoms with E-state index in [1.165, 1.54) is 0 Å². The molecule has 7 heteroatoms. The average Bonchev–Trinajstić information content (AvgIpc) is 3.16. The first-order chi connectivity index (χ1) is 11.1. The van der Waals surface area contributed by atoms with E-state index in [0.29, 0.717) is 25.9 Å². The Bertz CT molecular complexity index is 701. The van der Waals surface area contributed by atoms with Gasteiger partial charge in [0.15, 0.2) is 0 Å². The van der Waals surface area contributed by atoms with E-state index in [-0.39, 0.29) is 17.7 Å². The first-order valence-electron chi connectivity index (χ1n) is 7.51. The molecule has 6 nitrogen and oxygen atoms in total. The SMILES string of the molecule is CN1C[C@H](C(=O)NCCc2nc(-c3ccccn3)cs2)CC1=O. The summed E-state index contributed by atoms with van der Waals surface area (Å²) in [6, 6.07) is 5.73. The normalized spacial score (nSPS) is 17.5. The number of nitrogens with zero attached hydrogens (tertiary/aromatic N) is 3. The molecule has 1 N–H and O–H groups in total. The number of carbonyl (C=O) groups is 2. The van der Waals surface area contributed by atoms with E-state index in [9.17, 15) is 9.59 Å². The number of hydrogen-bond donors (Lipinski definition) is 1. The summed E-state index contributed by atoms with van der Waals surface area (Å²) in [5.74, 6) is -0.248. The second kappa shape index (κ2) is 6.87. The molecule has 2 aromatic heterocycles. The molecule has 1 atom stereocenters. The average molecular weight is 330 g/mol. The Balaban J connectivity index is 1.49. The predicted molar refractivity (Wildman–Crippen MR) is 87.8 cm³/mol. The molecule has 1 fully saturated rings. The zero-order chi connectivity index (χ0) is 16.2. The van der Waals surface area contributed by atoms with Crippen LogP contribution in [0.2, 0.25) is 0 Å². The minimum absolute atomic E-state index is 0.0325. The van der Waals surface area contributed by atoms with Crippen LogP contribution in [0.3, 0.4) is 0 Å². The fraction of sp³-hybridized carbons (Fsp3) is 0.375. The fourth-order valence-electron chi connectivity index (χ4n) is 2.53. The molecule has 23 heavy (non-hydrogen) atoms. The van der Waals surface area contributed by atoms with Crippen LogP contribution in [0, 0.1) is 5.92 Å². The van der Waals surface area contributed by atoms with Gasteiger partial charge in [0.25, 0.3) is 0 Å². The molecule has 3 rings (SSSR count). The molecule has 120 valence electrons. The summed E-state index contributed by atoms with van der Waals surface area (Å²) in [6.07, 6.45) is 2.73. The van der Waals surface area contributed by atoms with E-state index < -0.39 is 0 Å². The summed E-state index contributed by atoms with van der Waals surface area (Å²) < 4.78 is 0. The summed E-state index contributed by atoms with van der Waals surface area (Å²) in [7, 11) is 1.73. The van der Waals surface area contributed by atoms with Crippen molar-refractivity contribution in [1.29, 1.82) is 0 Å². The molecule has 1 aliphatic rings. The van der Waals surface area contributed by atoms with Crippen LogP contribution in [0.4, 0.5) is 0 Å². The Labute approximate surface area is 138 Å². The number of rotatable bonds is 5. The summed E-state index contributed by atoms with van der Waals surface area (Å²) >= 11 is 1.56. The first kappa shape index (κ1) is 15.6. The molecule has 2 amide bonds. The maximum Gasteiger partial charge on any atom is 0.225 e. The number of thiazole rings is 1. The lowest BCUT2D eigenvalue weighted by Gasteiger charge is -2.10. The standard InChI is InChI=1S/C16H18N4O2S/c1-20-9-11(8-15(20)21)16(22)18-7-5-14-19-13(10-23-14)12-4-2-3-6-17-12/h2-4,6,10-11H,5,7-9H2,1H3,(H,18,22)/t11-/m1/s1. The molecule has 1 aliphatic heterocycles. The van der Waals surface area contributed by atoms with Gasteiger partial charge in [-0.2, -0.15) is 0 Å². The number of hydrogen-bond acceptors (Lipinski definition) is 5. The lowest BCUT2D eigenvalue weighted by atomic mass is 10.1. The van der Waals surface area contributed by atoms with Gasteiger partial charge in [-0.05, 0) is 12.1 Å². The summed E-state index contributed by atoms with van der Waals surface area (Å²) in [5.41, 5.74) is 1.71. The molecular formula is C16H18N4O2S. The number of aromatic nitrogens is 2. The van der Waals surface area contributed by atoms with Gasteiger partial charge in [-0.1, -0.05) is 6.07 Å². The van der Waals surface area contributed by atoms with Gasteiger partial charge in [0.05, 0.1) is 22.3 Å². The highest BCUT2D eigenvalue weighted by Crippen LogP contribution is 2.20. The van der Waals surface area contributed by atoms with E-state index in [4.69, 9.17) is 0 Å². The first-order valence-corrected chi connectivity index (χ1v) is 8.39. The molecule has 0 unspecified atom stereocenters. The monoisotopic (exact) mass is 330 g/mol. The van der Waals surface area contributed by atoms with Gasteiger partial charge in [0.2, 0.25) is 11.8 Å². The van der Waals surface area contributed by atoms with Gasteiger partial charge in [-0.25, -0.2) is 4.98 Å². The van der Waals surface area contributed by atoms with Crippen molar-refractivity contribution in [2.75, 3.05) is 20.1 Å². The minimum Gasteiger partial charge on any atom is -0.355 e. The number of likely N-dealkylation sites (tertiary alicyclic amines) is 1. The lowest BCUT2D eigenvalue weighted by molar-refractivity contribution is -0.128. The van der Waals surface area contributed by atoms with Gasteiger partial charge in [-0.3, -0.25) is 14.6 Å². The van der Waals surface area contributed by atoms with Gasteiger partial charge in [0, 0.05) is 44.6 Å². The van der Waals surface area contributed by atoms with Crippen molar-refractivity contribution in [3.8, 4) is 11.4 Å². The molecule has 2 aromatic rings. The lowest BCUT2D eigenvalue weighted by Crippen LogP contribution is -2.33. The Morgan fingerprint density at radius 3 is 3.00 bits per heavy atom. The van der Waals surface area contributed by atoms with Crippen molar-refractivity contribution in [2.45, 2.75) is 12.8 Å². The number of pyridine rings is 1. The Morgan fingerprint density at radius 1 is 1.43 bits per heavy atom. The van der Waals surface area contributed by atoms with Crippen molar-refractivity contribution in [3.05, 3.63) is 34.8 Å². The second-order valence-electron chi connectivity index (χ2n) is 5.56. The number of carbonyl (C=O) groups excluding carboxylic acids is 2. The van der Waals surface area contributed by atoms with E-state index in [1.54, 1.807) is 29.5 Å². The van der Waals surface area contributed by atoms with Crippen molar-refractivity contribution in [1.82, 2.24) is 20.2 Å². The van der Waals surface area contributed by atoms with E-state index in [0.717, 1.165) is 16.4 Å². The zero-order valence-electron chi connectivity index (χ0n) is 12.9. The highest BCUT2D eigenvalue weighted by molar-refractivity contribution is 7.09. The minimum atomic E-state index is -0.229. The number of nitrogens with one attached hydrogen (secondary N) is 1. The highest BCUT2D eigenvalue weighted by Gasteiger charge is 2.31. The third kappa shape index (κ3) is 3.73. The van der Waals surface area contributed by atoms with Crippen LogP contribution in [0.1, 0.15) is 11.4 Å². The largest absolute Gasteiger partial charge is 0.355 e. The van der Waals surface area contributed by atoms with Crippen molar-refractivity contribution >= 4 is 23.2 Å². The Kier molecular flexibility index (Phi) is 4.66. The van der Waals surface area contributed by atoms with Gasteiger partial charge in [0.1, 0.15) is 0 Å². The molecule has 0 saturated carbocycles. The molecule has 1 saturated heterocycles. The molecule has 0 bridgehead atoms. The zero-order valence-corrected chi connectivity index (χ0v) is 13.7. The second-order valence-corrected chi connectivity index (χ2v) is 6.50.